The Labute approximate surface area is 189 Å². The molecular weight excluding hydrogens is 480 g/mol. The minimum absolute atomic E-state index is 0.117. The molecule has 0 aliphatic carbocycles. The summed E-state index contributed by atoms with van der Waals surface area (Å²) < 4.78 is 79.7. The van der Waals surface area contributed by atoms with Gasteiger partial charge in [0.25, 0.3) is 5.60 Å². The fraction of sp³-hybridized carbons (Fsp3) is 0.381. The Morgan fingerprint density at radius 2 is 1.69 bits per heavy atom. The average molecular weight is 498 g/mol. The van der Waals surface area contributed by atoms with Crippen LogP contribution in [-0.2, 0) is 5.60 Å². The Morgan fingerprint density at radius 1 is 1.09 bits per heavy atom. The number of fused-ring (bicyclic) bond motifs is 1. The van der Waals surface area contributed by atoms with E-state index in [1.807, 2.05) is 6.92 Å². The van der Waals surface area contributed by atoms with Crippen LogP contribution < -0.4 is 4.90 Å². The molecule has 3 nitrogen and oxygen atoms in total. The summed E-state index contributed by atoms with van der Waals surface area (Å²) in [5, 5.41) is 10.0. The lowest BCUT2D eigenvalue weighted by atomic mass is 9.92. The zero-order valence-electron chi connectivity index (χ0n) is 16.6. The van der Waals surface area contributed by atoms with E-state index in [0.717, 1.165) is 17.8 Å². The van der Waals surface area contributed by atoms with E-state index in [1.165, 1.54) is 12.1 Å². The van der Waals surface area contributed by atoms with Crippen molar-refractivity contribution in [2.24, 2.45) is 0 Å². The normalized spacial score (nSPS) is 17.3. The minimum atomic E-state index is -5.97. The monoisotopic (exact) mass is 497 g/mol. The number of halogens is 7. The predicted molar refractivity (Wildman–Crippen MR) is 110 cm³/mol. The lowest BCUT2D eigenvalue weighted by Crippen LogP contribution is -2.54. The van der Waals surface area contributed by atoms with E-state index in [1.54, 1.807) is 17.0 Å². The van der Waals surface area contributed by atoms with Gasteiger partial charge in [0.05, 0.1) is 12.2 Å². The Kier molecular flexibility index (Phi) is 6.80. The number of Topliss-reactive ketones (excluding diaryl/α,β-unsaturated/α-hetero) is 1. The summed E-state index contributed by atoms with van der Waals surface area (Å²) >= 11 is 6.94. The predicted octanol–water partition coefficient (Wildman–Crippen LogP) is 6.23. The first-order chi connectivity index (χ1) is 14.8. The van der Waals surface area contributed by atoms with Crippen LogP contribution in [-0.4, -0.2) is 41.6 Å². The molecule has 0 saturated heterocycles. The molecule has 0 aromatic heterocycles. The van der Waals surface area contributed by atoms with E-state index in [9.17, 15) is 36.2 Å². The summed E-state index contributed by atoms with van der Waals surface area (Å²) in [7, 11) is 0. The second-order valence-electron chi connectivity index (χ2n) is 7.35. The third-order valence-corrected chi connectivity index (χ3v) is 6.86. The molecule has 1 heterocycles. The topological polar surface area (TPSA) is 40.5 Å². The van der Waals surface area contributed by atoms with Gasteiger partial charge in [-0.05, 0) is 42.8 Å². The molecule has 0 spiro atoms. The highest BCUT2D eigenvalue weighted by molar-refractivity contribution is 8.00. The Hall–Kier alpha value is -1.91. The first-order valence-electron chi connectivity index (χ1n) is 9.48. The van der Waals surface area contributed by atoms with Gasteiger partial charge in [-0.25, -0.2) is 0 Å². The standard InChI is InChI=1S/C21H18ClF6NO2S/c1-2-15-10-29(11-17(30)12-3-6-14(22)7-4-12)16-8-5-13(9-18(16)32-15)19(31,20(23,24)25)21(26,27)28/h3-9,15,31H,2,10-11H2,1H3/t15-/m0/s1. The van der Waals surface area contributed by atoms with Crippen LogP contribution in [0.25, 0.3) is 0 Å². The van der Waals surface area contributed by atoms with Gasteiger partial charge in [0.1, 0.15) is 0 Å². The molecule has 1 aliphatic rings. The van der Waals surface area contributed by atoms with Crippen molar-refractivity contribution in [2.45, 2.75) is 41.4 Å². The summed E-state index contributed by atoms with van der Waals surface area (Å²) in [6.07, 6.45) is -11.4. The van der Waals surface area contributed by atoms with Crippen LogP contribution in [0.2, 0.25) is 5.02 Å². The molecule has 0 amide bonds. The second-order valence-corrected chi connectivity index (χ2v) is 9.13. The van der Waals surface area contributed by atoms with E-state index >= 15 is 0 Å². The molecule has 11 heteroatoms. The van der Waals surface area contributed by atoms with Crippen LogP contribution >= 0.6 is 23.4 Å². The fourth-order valence-corrected chi connectivity index (χ4v) is 4.83. The maximum Gasteiger partial charge on any atom is 0.430 e. The summed E-state index contributed by atoms with van der Waals surface area (Å²) in [5.74, 6) is -0.277. The van der Waals surface area contributed by atoms with Crippen molar-refractivity contribution in [1.29, 1.82) is 0 Å². The number of carbonyl (C=O) groups excluding carboxylic acids is 1. The molecule has 0 unspecified atom stereocenters. The van der Waals surface area contributed by atoms with E-state index in [4.69, 9.17) is 11.6 Å². The molecule has 2 aromatic rings. The zero-order chi connectivity index (χ0) is 23.9. The van der Waals surface area contributed by atoms with Crippen LogP contribution in [0.4, 0.5) is 32.0 Å². The number of ketones is 1. The first-order valence-corrected chi connectivity index (χ1v) is 10.7. The van der Waals surface area contributed by atoms with Crippen LogP contribution in [0.15, 0.2) is 47.4 Å². The number of rotatable bonds is 5. The molecular formula is C21H18ClF6NO2S. The largest absolute Gasteiger partial charge is 0.430 e. The van der Waals surface area contributed by atoms with Gasteiger partial charge in [0, 0.05) is 32.8 Å². The molecule has 32 heavy (non-hydrogen) atoms. The van der Waals surface area contributed by atoms with Crippen molar-refractivity contribution in [1.82, 2.24) is 0 Å². The first kappa shape index (κ1) is 24.7. The highest BCUT2D eigenvalue weighted by Gasteiger charge is 2.71. The molecule has 1 N–H and O–H groups in total. The number of hydrogen-bond donors (Lipinski definition) is 1. The van der Waals surface area contributed by atoms with Crippen molar-refractivity contribution in [3.8, 4) is 0 Å². The van der Waals surface area contributed by atoms with Gasteiger partial charge in [-0.2, -0.15) is 26.3 Å². The number of benzene rings is 2. The van der Waals surface area contributed by atoms with Crippen molar-refractivity contribution in [3.63, 3.8) is 0 Å². The fourth-order valence-electron chi connectivity index (χ4n) is 3.41. The van der Waals surface area contributed by atoms with E-state index in [-0.39, 0.29) is 22.5 Å². The van der Waals surface area contributed by atoms with Crippen molar-refractivity contribution < 1.29 is 36.2 Å². The molecule has 174 valence electrons. The molecule has 1 atom stereocenters. The van der Waals surface area contributed by atoms with Gasteiger partial charge < -0.3 is 10.0 Å². The van der Waals surface area contributed by atoms with Gasteiger partial charge in [-0.3, -0.25) is 4.79 Å². The van der Waals surface area contributed by atoms with Crippen LogP contribution in [0.3, 0.4) is 0 Å². The van der Waals surface area contributed by atoms with Gasteiger partial charge in [-0.15, -0.1) is 11.8 Å². The molecule has 0 saturated carbocycles. The van der Waals surface area contributed by atoms with Gasteiger partial charge >= 0.3 is 12.4 Å². The molecule has 0 fully saturated rings. The summed E-state index contributed by atoms with van der Waals surface area (Å²) in [5.41, 5.74) is -5.61. The molecule has 2 aromatic carbocycles. The van der Waals surface area contributed by atoms with Gasteiger partial charge in [0.15, 0.2) is 5.78 Å². The third-order valence-electron chi connectivity index (χ3n) is 5.21. The lowest BCUT2D eigenvalue weighted by molar-refractivity contribution is -0.376. The van der Waals surface area contributed by atoms with Crippen LogP contribution in [0.5, 0.6) is 0 Å². The summed E-state index contributed by atoms with van der Waals surface area (Å²) in [4.78, 5) is 14.5. The van der Waals surface area contributed by atoms with E-state index in [0.29, 0.717) is 41.4 Å². The SMILES string of the molecule is CC[C@H]1CN(CC(=O)c2ccc(Cl)cc2)c2ccc(C(O)(C(F)(F)F)C(F)(F)F)cc2S1. The van der Waals surface area contributed by atoms with Crippen molar-refractivity contribution >= 4 is 34.8 Å². The number of aliphatic hydroxyl groups is 1. The zero-order valence-corrected chi connectivity index (χ0v) is 18.2. The molecule has 0 radical (unpaired) electrons. The van der Waals surface area contributed by atoms with Crippen LogP contribution in [0, 0.1) is 0 Å². The Balaban J connectivity index is 1.99. The quantitative estimate of drug-likeness (QED) is 0.393. The maximum atomic E-state index is 13.3. The number of carbonyl (C=O) groups is 1. The Morgan fingerprint density at radius 3 is 2.22 bits per heavy atom. The molecule has 3 rings (SSSR count). The minimum Gasteiger partial charge on any atom is -0.369 e. The molecule has 1 aliphatic heterocycles. The average Bonchev–Trinajstić information content (AvgIpc) is 2.71. The van der Waals surface area contributed by atoms with E-state index in [2.05, 4.69) is 0 Å². The highest BCUT2D eigenvalue weighted by Crippen LogP contribution is 2.52. The second kappa shape index (κ2) is 8.79. The van der Waals surface area contributed by atoms with Crippen molar-refractivity contribution in [2.75, 3.05) is 18.0 Å². The third kappa shape index (κ3) is 4.58. The Bertz CT molecular complexity index is 979. The van der Waals surface area contributed by atoms with Gasteiger partial charge in [-0.1, -0.05) is 24.6 Å². The number of alkyl halides is 6. The number of thioether (sulfide) groups is 1. The maximum absolute atomic E-state index is 13.3. The number of hydrogen-bond acceptors (Lipinski definition) is 4. The smallest absolute Gasteiger partial charge is 0.369 e. The lowest BCUT2D eigenvalue weighted by Gasteiger charge is -2.37. The van der Waals surface area contributed by atoms with E-state index < -0.39 is 23.5 Å². The van der Waals surface area contributed by atoms with Crippen LogP contribution in [0.1, 0.15) is 29.3 Å². The van der Waals surface area contributed by atoms with Crippen molar-refractivity contribution in [3.05, 3.63) is 58.6 Å². The highest BCUT2D eigenvalue weighted by atomic mass is 35.5. The van der Waals surface area contributed by atoms with Gasteiger partial charge in [0.2, 0.25) is 0 Å². The number of anilines is 1. The summed E-state index contributed by atoms with van der Waals surface area (Å²) in [6, 6.07) is 8.57. The molecule has 0 bridgehead atoms. The summed E-state index contributed by atoms with van der Waals surface area (Å²) in [6.45, 7) is 2.09. The number of nitrogens with zero attached hydrogens (tertiary/aromatic N) is 1.